The van der Waals surface area contributed by atoms with Gasteiger partial charge in [-0.25, -0.2) is 0 Å². The van der Waals surface area contributed by atoms with Crippen molar-refractivity contribution < 1.29 is 14.3 Å². The lowest BCUT2D eigenvalue weighted by Gasteiger charge is -2.19. The summed E-state index contributed by atoms with van der Waals surface area (Å²) in [5.74, 6) is 1.18. The van der Waals surface area contributed by atoms with Crippen LogP contribution in [0.25, 0.3) is 10.9 Å². The summed E-state index contributed by atoms with van der Waals surface area (Å²) in [6, 6.07) is 13.1. The van der Waals surface area contributed by atoms with Crippen LogP contribution in [-0.2, 0) is 0 Å². The Morgan fingerprint density at radius 1 is 1.00 bits per heavy atom. The van der Waals surface area contributed by atoms with Gasteiger partial charge in [0.25, 0.3) is 5.91 Å². The Hall–Kier alpha value is -3.08. The number of nitrogens with one attached hydrogen (secondary N) is 1. The molecule has 0 atom stereocenters. The van der Waals surface area contributed by atoms with E-state index in [9.17, 15) is 4.79 Å². The largest absolute Gasteiger partial charge is 0.486 e. The van der Waals surface area contributed by atoms with Crippen molar-refractivity contribution in [2.45, 2.75) is 13.8 Å². The molecule has 0 aliphatic carbocycles. The number of anilines is 1. The average molecular weight is 334 g/mol. The molecule has 0 fully saturated rings. The molecule has 1 N–H and O–H groups in total. The maximum atomic E-state index is 12.8. The number of pyridine rings is 1. The minimum atomic E-state index is -0.169. The summed E-state index contributed by atoms with van der Waals surface area (Å²) in [5, 5.41) is 3.79. The van der Waals surface area contributed by atoms with E-state index >= 15 is 0 Å². The first-order valence-electron chi connectivity index (χ1n) is 8.19. The number of ether oxygens (including phenoxy) is 2. The fourth-order valence-electron chi connectivity index (χ4n) is 2.98. The minimum Gasteiger partial charge on any atom is -0.486 e. The Labute approximate surface area is 145 Å². The van der Waals surface area contributed by atoms with Gasteiger partial charge in [0.2, 0.25) is 0 Å². The topological polar surface area (TPSA) is 60.5 Å². The molecular weight excluding hydrogens is 316 g/mol. The molecular formula is C20H18N2O3. The average Bonchev–Trinajstić information content (AvgIpc) is 2.61. The molecule has 126 valence electrons. The third kappa shape index (κ3) is 3.01. The number of aryl methyl sites for hydroxylation is 2. The molecule has 0 unspecified atom stereocenters. The summed E-state index contributed by atoms with van der Waals surface area (Å²) in [6.07, 6.45) is 0. The van der Waals surface area contributed by atoms with Gasteiger partial charge in [-0.3, -0.25) is 9.78 Å². The van der Waals surface area contributed by atoms with Gasteiger partial charge in [0.1, 0.15) is 13.2 Å². The lowest BCUT2D eigenvalue weighted by molar-refractivity contribution is 0.102. The standard InChI is InChI=1S/C20H18N2O3/c1-12-3-5-17-15(9-12)16(10-13(2)21-17)20(23)22-14-4-6-18-19(11-14)25-8-7-24-18/h3-6,9-11H,7-8H2,1-2H3,(H,22,23). The van der Waals surface area contributed by atoms with Crippen molar-refractivity contribution in [3.63, 3.8) is 0 Å². The van der Waals surface area contributed by atoms with E-state index in [1.807, 2.05) is 50.2 Å². The molecule has 2 heterocycles. The van der Waals surface area contributed by atoms with Crippen molar-refractivity contribution in [1.29, 1.82) is 0 Å². The maximum absolute atomic E-state index is 12.8. The van der Waals surface area contributed by atoms with Gasteiger partial charge < -0.3 is 14.8 Å². The van der Waals surface area contributed by atoms with Crippen LogP contribution in [-0.4, -0.2) is 24.1 Å². The number of carbonyl (C=O) groups excluding carboxylic acids is 1. The molecule has 0 bridgehead atoms. The predicted molar refractivity (Wildman–Crippen MR) is 96.6 cm³/mol. The zero-order chi connectivity index (χ0) is 17.4. The molecule has 0 spiro atoms. The van der Waals surface area contributed by atoms with E-state index in [0.717, 1.165) is 22.2 Å². The molecule has 0 radical (unpaired) electrons. The van der Waals surface area contributed by atoms with Crippen molar-refractivity contribution in [2.75, 3.05) is 18.5 Å². The lowest BCUT2D eigenvalue weighted by Crippen LogP contribution is -2.16. The first-order chi connectivity index (χ1) is 12.1. The molecule has 5 nitrogen and oxygen atoms in total. The number of hydrogen-bond donors (Lipinski definition) is 1. The lowest BCUT2D eigenvalue weighted by atomic mass is 10.0. The first-order valence-corrected chi connectivity index (χ1v) is 8.19. The highest BCUT2D eigenvalue weighted by molar-refractivity contribution is 6.12. The number of carbonyl (C=O) groups is 1. The molecule has 1 amide bonds. The fourth-order valence-corrected chi connectivity index (χ4v) is 2.98. The maximum Gasteiger partial charge on any atom is 0.256 e. The Morgan fingerprint density at radius 3 is 2.64 bits per heavy atom. The third-order valence-electron chi connectivity index (χ3n) is 4.14. The van der Waals surface area contributed by atoms with E-state index in [0.29, 0.717) is 36.0 Å². The van der Waals surface area contributed by atoms with Gasteiger partial charge in [-0.2, -0.15) is 0 Å². The second kappa shape index (κ2) is 6.09. The van der Waals surface area contributed by atoms with E-state index in [2.05, 4.69) is 10.3 Å². The van der Waals surface area contributed by atoms with Gasteiger partial charge in [-0.1, -0.05) is 11.6 Å². The molecule has 2 aromatic carbocycles. The normalized spacial score (nSPS) is 12.9. The van der Waals surface area contributed by atoms with Crippen LogP contribution in [0.1, 0.15) is 21.6 Å². The van der Waals surface area contributed by atoms with E-state index in [4.69, 9.17) is 9.47 Å². The molecule has 4 rings (SSSR count). The highest BCUT2D eigenvalue weighted by Gasteiger charge is 2.15. The van der Waals surface area contributed by atoms with Crippen molar-refractivity contribution in [3.05, 3.63) is 59.3 Å². The SMILES string of the molecule is Cc1ccc2nc(C)cc(C(=O)Nc3ccc4c(c3)OCCO4)c2c1. The third-order valence-corrected chi connectivity index (χ3v) is 4.14. The summed E-state index contributed by atoms with van der Waals surface area (Å²) >= 11 is 0. The summed E-state index contributed by atoms with van der Waals surface area (Å²) in [6.45, 7) is 4.94. The molecule has 0 saturated carbocycles. The highest BCUT2D eigenvalue weighted by atomic mass is 16.6. The van der Waals surface area contributed by atoms with Gasteiger partial charge >= 0.3 is 0 Å². The molecule has 1 aliphatic rings. The number of hydrogen-bond acceptors (Lipinski definition) is 4. The fraction of sp³-hybridized carbons (Fsp3) is 0.200. The van der Waals surface area contributed by atoms with E-state index in [1.165, 1.54) is 0 Å². The molecule has 1 aromatic heterocycles. The van der Waals surface area contributed by atoms with Crippen LogP contribution in [0, 0.1) is 13.8 Å². The monoisotopic (exact) mass is 334 g/mol. The van der Waals surface area contributed by atoms with Gasteiger partial charge in [0.15, 0.2) is 11.5 Å². The van der Waals surface area contributed by atoms with Gasteiger partial charge in [-0.15, -0.1) is 0 Å². The molecule has 3 aromatic rings. The Morgan fingerprint density at radius 2 is 1.80 bits per heavy atom. The van der Waals surface area contributed by atoms with E-state index in [-0.39, 0.29) is 5.91 Å². The van der Waals surface area contributed by atoms with Crippen LogP contribution in [0.2, 0.25) is 0 Å². The second-order valence-corrected chi connectivity index (χ2v) is 6.14. The van der Waals surface area contributed by atoms with Crippen LogP contribution >= 0.6 is 0 Å². The second-order valence-electron chi connectivity index (χ2n) is 6.14. The van der Waals surface area contributed by atoms with Gasteiger partial charge in [-0.05, 0) is 44.2 Å². The number of benzene rings is 2. The quantitative estimate of drug-likeness (QED) is 0.773. The summed E-state index contributed by atoms with van der Waals surface area (Å²) in [4.78, 5) is 17.4. The number of aromatic nitrogens is 1. The zero-order valence-corrected chi connectivity index (χ0v) is 14.1. The Bertz CT molecular complexity index is 982. The van der Waals surface area contributed by atoms with E-state index in [1.54, 1.807) is 6.07 Å². The Balaban J connectivity index is 1.69. The van der Waals surface area contributed by atoms with Crippen molar-refractivity contribution in [3.8, 4) is 11.5 Å². The number of rotatable bonds is 2. The number of fused-ring (bicyclic) bond motifs is 2. The summed E-state index contributed by atoms with van der Waals surface area (Å²) < 4.78 is 11.1. The summed E-state index contributed by atoms with van der Waals surface area (Å²) in [7, 11) is 0. The van der Waals surface area contributed by atoms with Crippen molar-refractivity contribution >= 4 is 22.5 Å². The molecule has 5 heteroatoms. The minimum absolute atomic E-state index is 0.169. The van der Waals surface area contributed by atoms with E-state index < -0.39 is 0 Å². The van der Waals surface area contributed by atoms with Crippen molar-refractivity contribution in [1.82, 2.24) is 4.98 Å². The van der Waals surface area contributed by atoms with Gasteiger partial charge in [0, 0.05) is 22.8 Å². The summed E-state index contributed by atoms with van der Waals surface area (Å²) in [5.41, 5.74) is 4.00. The number of nitrogens with zero attached hydrogens (tertiary/aromatic N) is 1. The molecule has 0 saturated heterocycles. The predicted octanol–water partition coefficient (Wildman–Crippen LogP) is 3.88. The van der Waals surface area contributed by atoms with Crippen LogP contribution in [0.5, 0.6) is 11.5 Å². The zero-order valence-electron chi connectivity index (χ0n) is 14.1. The van der Waals surface area contributed by atoms with Crippen LogP contribution in [0.3, 0.4) is 0 Å². The smallest absolute Gasteiger partial charge is 0.256 e. The van der Waals surface area contributed by atoms with Gasteiger partial charge in [0.05, 0.1) is 11.1 Å². The highest BCUT2D eigenvalue weighted by Crippen LogP contribution is 2.33. The Kier molecular flexibility index (Phi) is 3.76. The molecule has 25 heavy (non-hydrogen) atoms. The first kappa shape index (κ1) is 15.4. The van der Waals surface area contributed by atoms with Crippen molar-refractivity contribution in [2.24, 2.45) is 0 Å². The van der Waals surface area contributed by atoms with Crippen LogP contribution < -0.4 is 14.8 Å². The van der Waals surface area contributed by atoms with Crippen LogP contribution in [0.15, 0.2) is 42.5 Å². The molecule has 1 aliphatic heterocycles. The van der Waals surface area contributed by atoms with Crippen LogP contribution in [0.4, 0.5) is 5.69 Å². The number of amides is 1.